The number of hydrogen-bond donors (Lipinski definition) is 1. The van der Waals surface area contributed by atoms with Gasteiger partial charge >= 0.3 is 11.9 Å². The summed E-state index contributed by atoms with van der Waals surface area (Å²) in [6.45, 7) is 7.57. The lowest BCUT2D eigenvalue weighted by atomic mass is 10.1. The van der Waals surface area contributed by atoms with Gasteiger partial charge in [0.1, 0.15) is 5.60 Å². The van der Waals surface area contributed by atoms with E-state index in [2.05, 4.69) is 11.9 Å². The highest BCUT2D eigenvalue weighted by molar-refractivity contribution is 5.82. The molecule has 170 valence electrons. The number of carbonyl (C=O) groups excluding carboxylic acids is 2. The number of nitrogens with one attached hydrogen (secondary N) is 1. The number of pyridine rings is 1. The van der Waals surface area contributed by atoms with Crippen LogP contribution in [0.15, 0.2) is 29.1 Å². The van der Waals surface area contributed by atoms with E-state index in [4.69, 9.17) is 9.47 Å². The molecular weight excluding hydrogens is 394 g/mol. The Morgan fingerprint density at radius 2 is 1.61 bits per heavy atom. The Bertz CT molecular complexity index is 939. The Morgan fingerprint density at radius 1 is 0.935 bits per heavy atom. The zero-order valence-electron chi connectivity index (χ0n) is 19.2. The topological polar surface area (TPSA) is 85.5 Å². The number of benzene rings is 1. The minimum atomic E-state index is -0.554. The number of esters is 2. The van der Waals surface area contributed by atoms with Crippen molar-refractivity contribution in [3.63, 3.8) is 0 Å². The van der Waals surface area contributed by atoms with Gasteiger partial charge in [-0.1, -0.05) is 44.7 Å². The molecule has 0 unspecified atom stereocenters. The smallest absolute Gasteiger partial charge is 0.311 e. The molecule has 0 fully saturated rings. The second-order valence-electron chi connectivity index (χ2n) is 8.89. The van der Waals surface area contributed by atoms with Crippen molar-refractivity contribution in [3.05, 3.63) is 40.2 Å². The quantitative estimate of drug-likeness (QED) is 0.379. The number of rotatable bonds is 11. The first-order valence-electron chi connectivity index (χ1n) is 11.3. The molecule has 2 rings (SSSR count). The molecule has 6 heteroatoms. The third-order valence-electron chi connectivity index (χ3n) is 4.87. The van der Waals surface area contributed by atoms with Gasteiger partial charge in [0.15, 0.2) is 5.75 Å². The average Bonchev–Trinajstić information content (AvgIpc) is 2.69. The van der Waals surface area contributed by atoms with Gasteiger partial charge in [0.2, 0.25) is 5.43 Å². The van der Waals surface area contributed by atoms with Crippen molar-refractivity contribution in [2.75, 3.05) is 0 Å². The first-order valence-corrected chi connectivity index (χ1v) is 11.3. The second kappa shape index (κ2) is 11.7. The van der Waals surface area contributed by atoms with Crippen LogP contribution < -0.4 is 10.2 Å². The van der Waals surface area contributed by atoms with Gasteiger partial charge in [-0.2, -0.15) is 0 Å². The lowest BCUT2D eigenvalue weighted by Gasteiger charge is -2.19. The fourth-order valence-electron chi connectivity index (χ4n) is 3.39. The summed E-state index contributed by atoms with van der Waals surface area (Å²) < 4.78 is 10.8. The van der Waals surface area contributed by atoms with E-state index in [1.807, 2.05) is 12.1 Å². The maximum absolute atomic E-state index is 13.0. The Hall–Kier alpha value is -2.63. The SMILES string of the molecule is CCCCCCCc1[nH]c2ccccc2c(=O)c1OC(=O)CCCC(=O)OC(C)(C)C. The van der Waals surface area contributed by atoms with Gasteiger partial charge in [-0.3, -0.25) is 14.4 Å². The molecule has 1 aromatic carbocycles. The minimum Gasteiger partial charge on any atom is -0.460 e. The normalized spacial score (nSPS) is 11.5. The number of ether oxygens (including phenoxy) is 2. The van der Waals surface area contributed by atoms with Crippen LogP contribution in [0.2, 0.25) is 0 Å². The predicted molar refractivity (Wildman–Crippen MR) is 122 cm³/mol. The van der Waals surface area contributed by atoms with Crippen molar-refractivity contribution in [1.29, 1.82) is 0 Å². The molecular formula is C25H35NO5. The third-order valence-corrected chi connectivity index (χ3v) is 4.87. The molecule has 0 aliphatic carbocycles. The van der Waals surface area contributed by atoms with Crippen LogP contribution in [0.25, 0.3) is 10.9 Å². The summed E-state index contributed by atoms with van der Waals surface area (Å²) in [5, 5.41) is 0.494. The lowest BCUT2D eigenvalue weighted by molar-refractivity contribution is -0.155. The molecule has 0 aliphatic rings. The number of hydrogen-bond acceptors (Lipinski definition) is 5. The predicted octanol–water partition coefficient (Wildman–Crippen LogP) is 5.46. The van der Waals surface area contributed by atoms with Crippen LogP contribution in [0.3, 0.4) is 0 Å². The van der Waals surface area contributed by atoms with E-state index in [0.717, 1.165) is 24.8 Å². The first kappa shape index (κ1) is 24.6. The Balaban J connectivity index is 2.06. The number of aryl methyl sites for hydroxylation is 1. The van der Waals surface area contributed by atoms with Crippen molar-refractivity contribution in [3.8, 4) is 5.75 Å². The standard InChI is InChI=1S/C25H35NO5/c1-5-6-7-8-9-15-20-24(23(29)18-13-10-11-14-19(18)26-20)30-21(27)16-12-17-22(28)31-25(2,3)4/h10-11,13-14H,5-9,12,15-17H2,1-4H3,(H,26,29). The lowest BCUT2D eigenvalue weighted by Crippen LogP contribution is -2.24. The summed E-state index contributed by atoms with van der Waals surface area (Å²) in [6.07, 6.45) is 6.60. The summed E-state index contributed by atoms with van der Waals surface area (Å²) in [4.78, 5) is 40.5. The fraction of sp³-hybridized carbons (Fsp3) is 0.560. The van der Waals surface area contributed by atoms with Crippen molar-refractivity contribution in [2.45, 2.75) is 91.1 Å². The van der Waals surface area contributed by atoms with Gasteiger partial charge in [-0.25, -0.2) is 0 Å². The van der Waals surface area contributed by atoms with Crippen LogP contribution in [0.5, 0.6) is 5.75 Å². The number of aromatic amines is 1. The van der Waals surface area contributed by atoms with Crippen molar-refractivity contribution in [2.24, 2.45) is 0 Å². The van der Waals surface area contributed by atoms with Crippen LogP contribution in [0.4, 0.5) is 0 Å². The van der Waals surface area contributed by atoms with E-state index < -0.39 is 11.6 Å². The molecule has 0 saturated heterocycles. The van der Waals surface area contributed by atoms with Crippen LogP contribution >= 0.6 is 0 Å². The maximum atomic E-state index is 13.0. The zero-order chi connectivity index (χ0) is 22.9. The Kier molecular flexibility index (Phi) is 9.28. The van der Waals surface area contributed by atoms with Gasteiger partial charge in [-0.05, 0) is 52.2 Å². The molecule has 2 aromatic rings. The molecule has 0 atom stereocenters. The highest BCUT2D eigenvalue weighted by Crippen LogP contribution is 2.21. The van der Waals surface area contributed by atoms with E-state index in [-0.39, 0.29) is 30.0 Å². The van der Waals surface area contributed by atoms with Gasteiger partial charge in [0.05, 0.1) is 5.69 Å². The molecule has 0 spiro atoms. The highest BCUT2D eigenvalue weighted by atomic mass is 16.6. The van der Waals surface area contributed by atoms with E-state index in [1.165, 1.54) is 12.8 Å². The molecule has 1 N–H and O–H groups in total. The Labute approximate surface area is 184 Å². The van der Waals surface area contributed by atoms with E-state index in [0.29, 0.717) is 23.9 Å². The van der Waals surface area contributed by atoms with Crippen LogP contribution in [-0.2, 0) is 20.7 Å². The number of H-pyrrole nitrogens is 1. The average molecular weight is 430 g/mol. The summed E-state index contributed by atoms with van der Waals surface area (Å²) in [5.74, 6) is -0.787. The molecule has 0 saturated carbocycles. The molecule has 0 aliphatic heterocycles. The van der Waals surface area contributed by atoms with Gasteiger partial charge in [0.25, 0.3) is 0 Å². The van der Waals surface area contributed by atoms with Crippen molar-refractivity contribution < 1.29 is 19.1 Å². The summed E-state index contributed by atoms with van der Waals surface area (Å²) in [5.41, 5.74) is 0.557. The number of aromatic nitrogens is 1. The number of unbranched alkanes of at least 4 members (excludes halogenated alkanes) is 4. The number of para-hydroxylation sites is 1. The highest BCUT2D eigenvalue weighted by Gasteiger charge is 2.19. The third kappa shape index (κ3) is 8.19. The Morgan fingerprint density at radius 3 is 2.32 bits per heavy atom. The van der Waals surface area contributed by atoms with E-state index in [1.54, 1.807) is 32.9 Å². The maximum Gasteiger partial charge on any atom is 0.311 e. The van der Waals surface area contributed by atoms with Crippen LogP contribution in [-0.4, -0.2) is 22.5 Å². The van der Waals surface area contributed by atoms with Gasteiger partial charge < -0.3 is 14.5 Å². The fourth-order valence-corrected chi connectivity index (χ4v) is 3.39. The van der Waals surface area contributed by atoms with E-state index >= 15 is 0 Å². The second-order valence-corrected chi connectivity index (χ2v) is 8.89. The summed E-state index contributed by atoms with van der Waals surface area (Å²) in [6, 6.07) is 7.23. The molecule has 0 bridgehead atoms. The summed E-state index contributed by atoms with van der Waals surface area (Å²) >= 11 is 0. The number of carbonyl (C=O) groups is 2. The molecule has 6 nitrogen and oxygen atoms in total. The zero-order valence-corrected chi connectivity index (χ0v) is 19.2. The van der Waals surface area contributed by atoms with Crippen molar-refractivity contribution >= 4 is 22.8 Å². The molecule has 0 amide bonds. The van der Waals surface area contributed by atoms with Crippen molar-refractivity contribution in [1.82, 2.24) is 4.98 Å². The summed E-state index contributed by atoms with van der Waals surface area (Å²) in [7, 11) is 0. The largest absolute Gasteiger partial charge is 0.460 e. The molecule has 0 radical (unpaired) electrons. The van der Waals surface area contributed by atoms with Gasteiger partial charge in [-0.15, -0.1) is 0 Å². The minimum absolute atomic E-state index is 0.0431. The first-order chi connectivity index (χ1) is 14.7. The van der Waals surface area contributed by atoms with Crippen LogP contribution in [0.1, 0.15) is 84.8 Å². The van der Waals surface area contributed by atoms with Crippen LogP contribution in [0, 0.1) is 0 Å². The molecule has 1 aromatic heterocycles. The molecule has 1 heterocycles. The van der Waals surface area contributed by atoms with E-state index in [9.17, 15) is 14.4 Å². The number of fused-ring (bicyclic) bond motifs is 1. The van der Waals surface area contributed by atoms with Gasteiger partial charge in [0, 0.05) is 23.7 Å². The monoisotopic (exact) mass is 429 g/mol. The molecule has 31 heavy (non-hydrogen) atoms.